The summed E-state index contributed by atoms with van der Waals surface area (Å²) >= 11 is 1.78. The van der Waals surface area contributed by atoms with E-state index in [9.17, 15) is 4.39 Å². The molecule has 0 N–H and O–H groups in total. The Hall–Kier alpha value is -1.94. The van der Waals surface area contributed by atoms with E-state index in [2.05, 4.69) is 23.1 Å². The minimum absolute atomic E-state index is 0.130. The summed E-state index contributed by atoms with van der Waals surface area (Å²) in [5.74, 6) is 0.511. The van der Waals surface area contributed by atoms with Crippen molar-refractivity contribution in [1.29, 1.82) is 0 Å². The number of halogens is 1. The summed E-state index contributed by atoms with van der Waals surface area (Å²) in [6, 6.07) is 15.3. The van der Waals surface area contributed by atoms with Gasteiger partial charge in [-0.2, -0.15) is 0 Å². The highest BCUT2D eigenvalue weighted by atomic mass is 32.1. The maximum atomic E-state index is 13.3. The average Bonchev–Trinajstić information content (AvgIpc) is 2.99. The molecule has 4 rings (SSSR count). The molecule has 0 spiro atoms. The number of nitrogens with zero attached hydrogens (tertiary/aromatic N) is 2. The van der Waals surface area contributed by atoms with E-state index in [-0.39, 0.29) is 5.82 Å². The van der Waals surface area contributed by atoms with E-state index >= 15 is 0 Å². The molecule has 0 bridgehead atoms. The molecule has 2 nitrogen and oxygen atoms in total. The average molecular weight is 326 g/mol. The lowest BCUT2D eigenvalue weighted by Crippen LogP contribution is -2.34. The first-order valence-electron chi connectivity index (χ1n) is 8.13. The third kappa shape index (κ3) is 3.22. The number of hydrogen-bond donors (Lipinski definition) is 0. The first-order chi connectivity index (χ1) is 11.3. The van der Waals surface area contributed by atoms with Crippen LogP contribution in [-0.2, 0) is 6.42 Å². The third-order valence-corrected chi connectivity index (χ3v) is 5.68. The highest BCUT2D eigenvalue weighted by Gasteiger charge is 2.21. The summed E-state index contributed by atoms with van der Waals surface area (Å²) in [5, 5.41) is 1.13. The second kappa shape index (κ2) is 6.28. The van der Waals surface area contributed by atoms with E-state index in [1.54, 1.807) is 23.5 Å². The van der Waals surface area contributed by atoms with E-state index in [1.807, 2.05) is 12.1 Å². The molecule has 1 aliphatic rings. The molecule has 23 heavy (non-hydrogen) atoms. The van der Waals surface area contributed by atoms with Gasteiger partial charge in [-0.1, -0.05) is 35.6 Å². The van der Waals surface area contributed by atoms with Crippen molar-refractivity contribution < 1.29 is 4.39 Å². The van der Waals surface area contributed by atoms with Crippen LogP contribution in [0.1, 0.15) is 18.4 Å². The molecule has 0 saturated carbocycles. The fourth-order valence-corrected chi connectivity index (χ4v) is 4.34. The molecule has 0 aliphatic carbocycles. The SMILES string of the molecule is Fc1cccc(CC2CCN(c3nc4ccccc4s3)CC2)c1. The quantitative estimate of drug-likeness (QED) is 0.681. The Balaban J connectivity index is 1.40. The van der Waals surface area contributed by atoms with Crippen LogP contribution < -0.4 is 4.90 Å². The van der Waals surface area contributed by atoms with Gasteiger partial charge in [0, 0.05) is 13.1 Å². The Morgan fingerprint density at radius 1 is 1.09 bits per heavy atom. The van der Waals surface area contributed by atoms with Crippen molar-refractivity contribution in [3.8, 4) is 0 Å². The van der Waals surface area contributed by atoms with Gasteiger partial charge in [-0.15, -0.1) is 0 Å². The number of para-hydroxylation sites is 1. The van der Waals surface area contributed by atoms with Crippen LogP contribution in [0.15, 0.2) is 48.5 Å². The van der Waals surface area contributed by atoms with Gasteiger partial charge in [0.2, 0.25) is 0 Å². The molecule has 4 heteroatoms. The predicted octanol–water partition coefficient (Wildman–Crippen LogP) is 4.89. The van der Waals surface area contributed by atoms with E-state index in [0.29, 0.717) is 5.92 Å². The highest BCUT2D eigenvalue weighted by Crippen LogP contribution is 2.32. The van der Waals surface area contributed by atoms with E-state index in [4.69, 9.17) is 4.98 Å². The number of fused-ring (bicyclic) bond motifs is 1. The summed E-state index contributed by atoms with van der Waals surface area (Å²) in [5.41, 5.74) is 2.21. The summed E-state index contributed by atoms with van der Waals surface area (Å²) < 4.78 is 14.5. The van der Waals surface area contributed by atoms with Crippen LogP contribution in [0.3, 0.4) is 0 Å². The molecule has 0 unspecified atom stereocenters. The smallest absolute Gasteiger partial charge is 0.186 e. The normalized spacial score (nSPS) is 16.1. The van der Waals surface area contributed by atoms with Crippen LogP contribution in [0.2, 0.25) is 0 Å². The van der Waals surface area contributed by atoms with Gasteiger partial charge < -0.3 is 4.90 Å². The van der Waals surface area contributed by atoms with Gasteiger partial charge in [0.1, 0.15) is 5.82 Å². The Morgan fingerprint density at radius 3 is 2.70 bits per heavy atom. The van der Waals surface area contributed by atoms with Gasteiger partial charge >= 0.3 is 0 Å². The zero-order chi connectivity index (χ0) is 15.6. The van der Waals surface area contributed by atoms with E-state index in [0.717, 1.165) is 48.6 Å². The molecule has 1 fully saturated rings. The zero-order valence-electron chi connectivity index (χ0n) is 12.9. The second-order valence-electron chi connectivity index (χ2n) is 6.23. The van der Waals surface area contributed by atoms with Crippen LogP contribution in [0.4, 0.5) is 9.52 Å². The maximum absolute atomic E-state index is 13.3. The number of piperidine rings is 1. The zero-order valence-corrected chi connectivity index (χ0v) is 13.7. The Morgan fingerprint density at radius 2 is 1.91 bits per heavy atom. The standard InChI is InChI=1S/C19H19FN2S/c20-16-5-3-4-15(13-16)12-14-8-10-22(11-9-14)19-21-17-6-1-2-7-18(17)23-19/h1-7,13-14H,8-12H2. The van der Waals surface area contributed by atoms with Gasteiger partial charge in [0.05, 0.1) is 10.2 Å². The van der Waals surface area contributed by atoms with Crippen LogP contribution in [0.5, 0.6) is 0 Å². The first kappa shape index (κ1) is 14.6. The maximum Gasteiger partial charge on any atom is 0.186 e. The summed E-state index contributed by atoms with van der Waals surface area (Å²) in [7, 11) is 0. The minimum atomic E-state index is -0.130. The fourth-order valence-electron chi connectivity index (χ4n) is 3.32. The van der Waals surface area contributed by atoms with Crippen LogP contribution in [-0.4, -0.2) is 18.1 Å². The number of anilines is 1. The Labute approximate surface area is 139 Å². The number of benzene rings is 2. The molecule has 2 heterocycles. The third-order valence-electron chi connectivity index (χ3n) is 4.58. The lowest BCUT2D eigenvalue weighted by atomic mass is 9.90. The Bertz CT molecular complexity index is 773. The lowest BCUT2D eigenvalue weighted by molar-refractivity contribution is 0.403. The molecule has 118 valence electrons. The highest BCUT2D eigenvalue weighted by molar-refractivity contribution is 7.22. The van der Waals surface area contributed by atoms with Gasteiger partial charge in [0.25, 0.3) is 0 Å². The molecule has 0 radical (unpaired) electrons. The summed E-state index contributed by atoms with van der Waals surface area (Å²) in [6.45, 7) is 2.08. The van der Waals surface area contributed by atoms with Gasteiger partial charge in [-0.3, -0.25) is 0 Å². The monoisotopic (exact) mass is 326 g/mol. The van der Waals surface area contributed by atoms with Gasteiger partial charge in [-0.05, 0) is 55.0 Å². The number of aromatic nitrogens is 1. The molecular formula is C19H19FN2S. The molecule has 1 aliphatic heterocycles. The van der Waals surface area contributed by atoms with Crippen molar-refractivity contribution in [2.24, 2.45) is 5.92 Å². The first-order valence-corrected chi connectivity index (χ1v) is 8.94. The van der Waals surface area contributed by atoms with E-state index < -0.39 is 0 Å². The van der Waals surface area contributed by atoms with Crippen molar-refractivity contribution in [3.63, 3.8) is 0 Å². The molecular weight excluding hydrogens is 307 g/mol. The topological polar surface area (TPSA) is 16.1 Å². The largest absolute Gasteiger partial charge is 0.348 e. The summed E-state index contributed by atoms with van der Waals surface area (Å²) in [4.78, 5) is 7.15. The Kier molecular flexibility index (Phi) is 4.00. The molecule has 0 amide bonds. The van der Waals surface area contributed by atoms with Crippen LogP contribution >= 0.6 is 11.3 Å². The van der Waals surface area contributed by atoms with Crippen molar-refractivity contribution in [1.82, 2.24) is 4.98 Å². The second-order valence-corrected chi connectivity index (χ2v) is 7.24. The van der Waals surface area contributed by atoms with Crippen LogP contribution in [0.25, 0.3) is 10.2 Å². The van der Waals surface area contributed by atoms with Gasteiger partial charge in [-0.25, -0.2) is 9.37 Å². The van der Waals surface area contributed by atoms with Gasteiger partial charge in [0.15, 0.2) is 5.13 Å². The fraction of sp³-hybridized carbons (Fsp3) is 0.316. The number of thiazole rings is 1. The number of hydrogen-bond acceptors (Lipinski definition) is 3. The molecule has 2 aromatic carbocycles. The van der Waals surface area contributed by atoms with E-state index in [1.165, 1.54) is 10.8 Å². The van der Waals surface area contributed by atoms with Crippen molar-refractivity contribution in [2.75, 3.05) is 18.0 Å². The molecule has 3 aromatic rings. The van der Waals surface area contributed by atoms with Crippen LogP contribution in [0, 0.1) is 11.7 Å². The minimum Gasteiger partial charge on any atom is -0.348 e. The van der Waals surface area contributed by atoms with Crippen molar-refractivity contribution in [3.05, 3.63) is 59.9 Å². The molecule has 0 atom stereocenters. The number of rotatable bonds is 3. The van der Waals surface area contributed by atoms with Crippen molar-refractivity contribution in [2.45, 2.75) is 19.3 Å². The summed E-state index contributed by atoms with van der Waals surface area (Å²) in [6.07, 6.45) is 3.27. The van der Waals surface area contributed by atoms with Crippen molar-refractivity contribution >= 4 is 26.7 Å². The lowest BCUT2D eigenvalue weighted by Gasteiger charge is -2.31. The molecule has 1 aromatic heterocycles. The molecule has 1 saturated heterocycles. The predicted molar refractivity (Wildman–Crippen MR) is 94.7 cm³/mol.